The Morgan fingerprint density at radius 3 is 2.76 bits per heavy atom. The molecule has 2 aromatic carbocycles. The number of benzene rings is 2. The Balaban J connectivity index is 1.28. The average Bonchev–Trinajstić information content (AvgIpc) is 3.20. The van der Waals surface area contributed by atoms with Gasteiger partial charge in [-0.2, -0.15) is 0 Å². The van der Waals surface area contributed by atoms with Crippen LogP contribution in [0.3, 0.4) is 0 Å². The smallest absolute Gasteiger partial charge is 0.107 e. The summed E-state index contributed by atoms with van der Waals surface area (Å²) < 4.78 is 2.25. The number of piperidine rings is 1. The number of nitrogen functional groups attached to an aromatic ring is 1. The third-order valence-corrected chi connectivity index (χ3v) is 6.75. The average molecular weight is 391 g/mol. The van der Waals surface area contributed by atoms with Crippen LogP contribution in [0.2, 0.25) is 0 Å². The molecular weight excluding hydrogens is 360 g/mol. The highest BCUT2D eigenvalue weighted by Crippen LogP contribution is 2.32. The lowest BCUT2D eigenvalue weighted by Crippen LogP contribution is -2.46. The molecule has 1 aliphatic heterocycles. The highest BCUT2D eigenvalue weighted by atomic mass is 16.3. The minimum absolute atomic E-state index is 0.0968. The maximum absolute atomic E-state index is 11.0. The molecule has 3 atom stereocenters. The molecular formula is C24H30N4O. The van der Waals surface area contributed by atoms with Gasteiger partial charge in [-0.3, -0.25) is 0 Å². The Bertz CT molecular complexity index is 1060. The van der Waals surface area contributed by atoms with E-state index in [-0.39, 0.29) is 12.1 Å². The first kappa shape index (κ1) is 18.6. The van der Waals surface area contributed by atoms with Crippen LogP contribution < -0.4 is 5.73 Å². The number of hydrogen-bond acceptors (Lipinski definition) is 4. The summed E-state index contributed by atoms with van der Waals surface area (Å²) >= 11 is 0. The van der Waals surface area contributed by atoms with Gasteiger partial charge in [-0.15, -0.1) is 0 Å². The summed E-state index contributed by atoms with van der Waals surface area (Å²) in [5, 5.41) is 11.0. The van der Waals surface area contributed by atoms with Crippen LogP contribution in [0.15, 0.2) is 36.4 Å². The molecule has 0 amide bonds. The number of nitrogens with two attached hydrogens (primary N) is 1. The molecule has 5 rings (SSSR count). The fourth-order valence-corrected chi connectivity index (χ4v) is 5.42. The summed E-state index contributed by atoms with van der Waals surface area (Å²) in [5.41, 5.74) is 13.0. The van der Waals surface area contributed by atoms with Crippen molar-refractivity contribution in [2.75, 3.05) is 25.4 Å². The first-order valence-electron chi connectivity index (χ1n) is 10.7. The number of nitrogens with zero attached hydrogens (tertiary/aromatic N) is 3. The molecule has 2 aliphatic rings. The van der Waals surface area contributed by atoms with Gasteiger partial charge in [0.05, 0.1) is 23.2 Å². The number of hydrogen-bond donors (Lipinski definition) is 2. The minimum atomic E-state index is -0.374. The van der Waals surface area contributed by atoms with E-state index >= 15 is 0 Å². The molecule has 1 aliphatic carbocycles. The molecule has 1 fully saturated rings. The molecule has 2 heterocycles. The van der Waals surface area contributed by atoms with Crippen LogP contribution in [0.5, 0.6) is 0 Å². The van der Waals surface area contributed by atoms with Crippen molar-refractivity contribution in [3.63, 3.8) is 0 Å². The Morgan fingerprint density at radius 2 is 1.93 bits per heavy atom. The summed E-state index contributed by atoms with van der Waals surface area (Å²) in [5.74, 6) is 1.61. The van der Waals surface area contributed by atoms with Crippen molar-refractivity contribution >= 4 is 16.7 Å². The summed E-state index contributed by atoms with van der Waals surface area (Å²) in [6.07, 6.45) is 2.80. The lowest BCUT2D eigenvalue weighted by molar-refractivity contribution is 0.0223. The van der Waals surface area contributed by atoms with Gasteiger partial charge >= 0.3 is 0 Å². The molecule has 3 N–H and O–H groups in total. The van der Waals surface area contributed by atoms with Crippen molar-refractivity contribution in [1.29, 1.82) is 0 Å². The van der Waals surface area contributed by atoms with Crippen molar-refractivity contribution < 1.29 is 5.11 Å². The molecule has 0 saturated carbocycles. The van der Waals surface area contributed by atoms with E-state index in [1.54, 1.807) is 0 Å². The summed E-state index contributed by atoms with van der Waals surface area (Å²) in [6.45, 7) is 6.93. The first-order valence-corrected chi connectivity index (χ1v) is 10.7. The molecule has 29 heavy (non-hydrogen) atoms. The highest BCUT2D eigenvalue weighted by molar-refractivity contribution is 5.77. The fourth-order valence-electron chi connectivity index (χ4n) is 5.42. The van der Waals surface area contributed by atoms with Crippen molar-refractivity contribution in [1.82, 2.24) is 14.5 Å². The number of fused-ring (bicyclic) bond motifs is 2. The largest absolute Gasteiger partial charge is 0.399 e. The molecule has 5 heteroatoms. The number of likely N-dealkylation sites (tertiary alicyclic amines) is 1. The Hall–Kier alpha value is -2.37. The van der Waals surface area contributed by atoms with Crippen molar-refractivity contribution in [2.45, 2.75) is 45.3 Å². The van der Waals surface area contributed by atoms with Crippen LogP contribution in [0, 0.1) is 19.8 Å². The van der Waals surface area contributed by atoms with E-state index in [1.165, 1.54) is 16.7 Å². The number of aliphatic hydroxyl groups excluding tert-OH is 1. The monoisotopic (exact) mass is 390 g/mol. The van der Waals surface area contributed by atoms with Gasteiger partial charge in [0, 0.05) is 25.3 Å². The van der Waals surface area contributed by atoms with E-state index in [9.17, 15) is 5.11 Å². The van der Waals surface area contributed by atoms with E-state index in [2.05, 4.69) is 53.6 Å². The van der Waals surface area contributed by atoms with Crippen LogP contribution in [0.1, 0.15) is 35.0 Å². The molecule has 152 valence electrons. The molecule has 1 aromatic heterocycles. The van der Waals surface area contributed by atoms with Crippen LogP contribution in [-0.4, -0.2) is 45.3 Å². The summed E-state index contributed by atoms with van der Waals surface area (Å²) in [6, 6.07) is 12.8. The second-order valence-corrected chi connectivity index (χ2v) is 9.01. The molecule has 0 radical (unpaired) electrons. The Kier molecular flexibility index (Phi) is 4.60. The number of aliphatic hydroxyl groups is 1. The van der Waals surface area contributed by atoms with E-state index < -0.39 is 0 Å². The molecule has 0 spiro atoms. The summed E-state index contributed by atoms with van der Waals surface area (Å²) in [7, 11) is 0. The number of rotatable bonds is 3. The third-order valence-electron chi connectivity index (χ3n) is 6.75. The van der Waals surface area contributed by atoms with Gasteiger partial charge in [0.25, 0.3) is 0 Å². The van der Waals surface area contributed by atoms with E-state index in [0.29, 0.717) is 5.92 Å². The number of anilines is 1. The second kappa shape index (κ2) is 7.15. The third kappa shape index (κ3) is 3.43. The van der Waals surface area contributed by atoms with Crippen molar-refractivity contribution in [3.05, 3.63) is 58.9 Å². The highest BCUT2D eigenvalue weighted by Gasteiger charge is 2.33. The fraction of sp³-hybridized carbons (Fsp3) is 0.458. The number of β-amino-alcohol motifs (C(OH)–C–C–N with tert-alkyl or cyclic N) is 1. The van der Waals surface area contributed by atoms with Gasteiger partial charge in [0.1, 0.15) is 5.82 Å². The molecule has 1 saturated heterocycles. The normalized spacial score (nSPS) is 24.9. The number of imidazole rings is 1. The molecule has 5 nitrogen and oxygen atoms in total. The number of aryl methyl sites for hydroxylation is 2. The second-order valence-electron chi connectivity index (χ2n) is 9.01. The Morgan fingerprint density at radius 1 is 1.10 bits per heavy atom. The lowest BCUT2D eigenvalue weighted by atomic mass is 9.98. The molecule has 0 bridgehead atoms. The summed E-state index contributed by atoms with van der Waals surface area (Å²) in [4.78, 5) is 7.19. The maximum Gasteiger partial charge on any atom is 0.107 e. The first-order chi connectivity index (χ1) is 14.0. The van der Waals surface area contributed by atoms with Crippen molar-refractivity contribution in [3.8, 4) is 0 Å². The quantitative estimate of drug-likeness (QED) is 0.674. The minimum Gasteiger partial charge on any atom is -0.399 e. The zero-order valence-corrected chi connectivity index (χ0v) is 17.3. The topological polar surface area (TPSA) is 67.3 Å². The number of aromatic nitrogens is 2. The Labute approximate surface area is 172 Å². The van der Waals surface area contributed by atoms with Crippen LogP contribution in [0.4, 0.5) is 5.69 Å². The molecule has 3 aromatic rings. The van der Waals surface area contributed by atoms with Crippen LogP contribution in [0.25, 0.3) is 11.0 Å². The maximum atomic E-state index is 11.0. The van der Waals surface area contributed by atoms with Crippen LogP contribution >= 0.6 is 0 Å². The van der Waals surface area contributed by atoms with E-state index in [0.717, 1.165) is 61.4 Å². The van der Waals surface area contributed by atoms with Crippen molar-refractivity contribution in [2.24, 2.45) is 5.92 Å². The van der Waals surface area contributed by atoms with Gasteiger partial charge < -0.3 is 20.3 Å². The van der Waals surface area contributed by atoms with E-state index in [4.69, 9.17) is 10.7 Å². The van der Waals surface area contributed by atoms with Gasteiger partial charge in [0.15, 0.2) is 0 Å². The van der Waals surface area contributed by atoms with Gasteiger partial charge in [0.2, 0.25) is 0 Å². The van der Waals surface area contributed by atoms with Gasteiger partial charge in [-0.1, -0.05) is 12.1 Å². The lowest BCUT2D eigenvalue weighted by Gasteiger charge is -2.38. The van der Waals surface area contributed by atoms with Crippen LogP contribution in [-0.2, 0) is 12.8 Å². The van der Waals surface area contributed by atoms with E-state index in [1.807, 2.05) is 6.07 Å². The van der Waals surface area contributed by atoms with Gasteiger partial charge in [-0.25, -0.2) is 4.98 Å². The predicted molar refractivity (Wildman–Crippen MR) is 117 cm³/mol. The zero-order valence-electron chi connectivity index (χ0n) is 17.3. The predicted octanol–water partition coefficient (Wildman–Crippen LogP) is 3.26. The van der Waals surface area contributed by atoms with Gasteiger partial charge in [-0.05, 0) is 80.0 Å². The SMILES string of the molecule is Cc1ccc2c(c1)nc(C)n2C1CCN(CC2Cc3ccc(N)cc3C2)CC1O. The zero-order chi connectivity index (χ0) is 20.1. The standard InChI is InChI=1S/C24H30N4O/c1-15-3-6-22-21(9-15)26-16(2)28(22)23-7-8-27(14-24(23)29)13-17-10-18-4-5-20(25)12-19(18)11-17/h3-6,9,12,17,23-24,29H,7-8,10-11,13-14,25H2,1-2H3. The molecule has 3 unspecified atom stereocenters.